The summed E-state index contributed by atoms with van der Waals surface area (Å²) in [5.74, 6) is -1.40. The molecule has 0 aliphatic heterocycles. The number of likely N-dealkylation sites (N-methyl/N-ethyl adjacent to an activating group) is 1. The number of aromatic nitrogens is 2. The minimum Gasteiger partial charge on any atom is -0.450 e. The molecule has 2 N–H and O–H groups in total. The van der Waals surface area contributed by atoms with Gasteiger partial charge in [0.1, 0.15) is 11.6 Å². The van der Waals surface area contributed by atoms with Gasteiger partial charge in [-0.15, -0.1) is 0 Å². The van der Waals surface area contributed by atoms with E-state index in [0.29, 0.717) is 32.7 Å². The minimum absolute atomic E-state index is 0.0634. The predicted molar refractivity (Wildman–Crippen MR) is 101 cm³/mol. The molecule has 1 aliphatic carbocycles. The highest BCUT2D eigenvalue weighted by Gasteiger charge is 2.36. The zero-order chi connectivity index (χ0) is 20.3. The Hall–Kier alpha value is -2.61. The summed E-state index contributed by atoms with van der Waals surface area (Å²) < 4.78 is 33.3. The van der Waals surface area contributed by atoms with Crippen molar-refractivity contribution in [1.29, 1.82) is 0 Å². The van der Waals surface area contributed by atoms with Crippen LogP contribution in [0.1, 0.15) is 31.0 Å². The highest BCUT2D eigenvalue weighted by molar-refractivity contribution is 5.67. The molecule has 0 saturated carbocycles. The number of carbonyl (C=O) groups is 1. The first-order chi connectivity index (χ1) is 13.5. The topological polar surface area (TPSA) is 81.3 Å². The molecule has 2 aromatic rings. The summed E-state index contributed by atoms with van der Waals surface area (Å²) >= 11 is 0. The Morgan fingerprint density at radius 3 is 2.61 bits per heavy atom. The van der Waals surface area contributed by atoms with E-state index in [9.17, 15) is 13.6 Å². The van der Waals surface area contributed by atoms with Crippen molar-refractivity contribution in [3.05, 3.63) is 47.2 Å². The van der Waals surface area contributed by atoms with Gasteiger partial charge in [0.25, 0.3) is 0 Å². The van der Waals surface area contributed by atoms with Crippen molar-refractivity contribution in [3.63, 3.8) is 0 Å². The Kier molecular flexibility index (Phi) is 6.18. The van der Waals surface area contributed by atoms with Crippen molar-refractivity contribution in [1.82, 2.24) is 15.1 Å². The fourth-order valence-corrected chi connectivity index (χ4v) is 3.70. The molecule has 0 radical (unpaired) electrons. The SMILES string of the molecule is CCOC(=O)N(CC)CC1c2nnc(-c3c(F)cccc3F)cc2CC1CN. The summed E-state index contributed by atoms with van der Waals surface area (Å²) in [5.41, 5.74) is 7.49. The van der Waals surface area contributed by atoms with Crippen LogP contribution in [0.4, 0.5) is 13.6 Å². The van der Waals surface area contributed by atoms with Crippen LogP contribution in [-0.2, 0) is 11.2 Å². The maximum Gasteiger partial charge on any atom is 0.409 e. The average Bonchev–Trinajstić information content (AvgIpc) is 3.02. The van der Waals surface area contributed by atoms with Crippen LogP contribution in [0.25, 0.3) is 11.3 Å². The van der Waals surface area contributed by atoms with E-state index in [1.165, 1.54) is 18.2 Å². The molecule has 6 nitrogen and oxygen atoms in total. The number of nitrogens with two attached hydrogens (primary N) is 1. The molecule has 0 bridgehead atoms. The first-order valence-electron chi connectivity index (χ1n) is 9.42. The molecule has 3 rings (SSSR count). The van der Waals surface area contributed by atoms with Gasteiger partial charge in [-0.25, -0.2) is 13.6 Å². The third kappa shape index (κ3) is 3.82. The normalized spacial score (nSPS) is 18.0. The monoisotopic (exact) mass is 390 g/mol. The molecular formula is C20H24F2N4O2. The number of hydrogen-bond acceptors (Lipinski definition) is 5. The molecule has 1 aromatic carbocycles. The summed E-state index contributed by atoms with van der Waals surface area (Å²) in [6, 6.07) is 5.37. The maximum atomic E-state index is 14.1. The summed E-state index contributed by atoms with van der Waals surface area (Å²) in [6.45, 7) is 5.24. The lowest BCUT2D eigenvalue weighted by atomic mass is 9.94. The molecule has 1 aromatic heterocycles. The van der Waals surface area contributed by atoms with Crippen LogP contribution in [0.3, 0.4) is 0 Å². The molecule has 28 heavy (non-hydrogen) atoms. The van der Waals surface area contributed by atoms with Crippen molar-refractivity contribution in [2.75, 3.05) is 26.2 Å². The molecule has 1 heterocycles. The second kappa shape index (κ2) is 8.60. The van der Waals surface area contributed by atoms with Crippen molar-refractivity contribution in [2.24, 2.45) is 11.7 Å². The van der Waals surface area contributed by atoms with E-state index in [2.05, 4.69) is 10.2 Å². The number of fused-ring (bicyclic) bond motifs is 1. The van der Waals surface area contributed by atoms with Crippen LogP contribution in [0.15, 0.2) is 24.3 Å². The van der Waals surface area contributed by atoms with Crippen molar-refractivity contribution < 1.29 is 18.3 Å². The molecule has 8 heteroatoms. The van der Waals surface area contributed by atoms with E-state index in [4.69, 9.17) is 10.5 Å². The Morgan fingerprint density at radius 2 is 2.00 bits per heavy atom. The Balaban J connectivity index is 1.92. The van der Waals surface area contributed by atoms with Crippen LogP contribution in [0.2, 0.25) is 0 Å². The number of rotatable bonds is 6. The molecule has 0 fully saturated rings. The van der Waals surface area contributed by atoms with E-state index in [1.807, 2.05) is 6.92 Å². The largest absolute Gasteiger partial charge is 0.450 e. The molecule has 0 spiro atoms. The Morgan fingerprint density at radius 1 is 1.29 bits per heavy atom. The third-order valence-electron chi connectivity index (χ3n) is 5.15. The van der Waals surface area contributed by atoms with Crippen LogP contribution in [0, 0.1) is 17.6 Å². The molecule has 1 amide bonds. The molecule has 2 unspecified atom stereocenters. The number of carbonyl (C=O) groups excluding carboxylic acids is 1. The number of ether oxygens (including phenoxy) is 1. The fraction of sp³-hybridized carbons (Fsp3) is 0.450. The summed E-state index contributed by atoms with van der Waals surface area (Å²) in [7, 11) is 0. The average molecular weight is 390 g/mol. The first kappa shape index (κ1) is 20.1. The number of nitrogens with zero attached hydrogens (tertiary/aromatic N) is 3. The van der Waals surface area contributed by atoms with E-state index < -0.39 is 11.6 Å². The van der Waals surface area contributed by atoms with Gasteiger partial charge in [-0.1, -0.05) is 6.07 Å². The van der Waals surface area contributed by atoms with Crippen molar-refractivity contribution >= 4 is 6.09 Å². The Bertz CT molecular complexity index is 842. The van der Waals surface area contributed by atoms with Gasteiger partial charge < -0.3 is 15.4 Å². The number of hydrogen-bond donors (Lipinski definition) is 1. The van der Waals surface area contributed by atoms with Gasteiger partial charge in [0.05, 0.1) is 23.6 Å². The number of benzene rings is 1. The van der Waals surface area contributed by atoms with E-state index in [-0.39, 0.29) is 29.2 Å². The van der Waals surface area contributed by atoms with Crippen molar-refractivity contribution in [2.45, 2.75) is 26.2 Å². The van der Waals surface area contributed by atoms with Gasteiger partial charge in [0.2, 0.25) is 0 Å². The lowest BCUT2D eigenvalue weighted by Gasteiger charge is -2.26. The highest BCUT2D eigenvalue weighted by atomic mass is 19.1. The summed E-state index contributed by atoms with van der Waals surface area (Å²) in [5, 5.41) is 8.34. The van der Waals surface area contributed by atoms with E-state index in [0.717, 1.165) is 11.3 Å². The van der Waals surface area contributed by atoms with Crippen molar-refractivity contribution in [3.8, 4) is 11.3 Å². The lowest BCUT2D eigenvalue weighted by Crippen LogP contribution is -2.37. The zero-order valence-electron chi connectivity index (χ0n) is 16.0. The molecule has 150 valence electrons. The molecular weight excluding hydrogens is 366 g/mol. The van der Waals surface area contributed by atoms with Crippen LogP contribution >= 0.6 is 0 Å². The molecule has 0 saturated heterocycles. The first-order valence-corrected chi connectivity index (χ1v) is 9.42. The van der Waals surface area contributed by atoms with Crippen LogP contribution in [0.5, 0.6) is 0 Å². The van der Waals surface area contributed by atoms with Crippen LogP contribution < -0.4 is 5.73 Å². The lowest BCUT2D eigenvalue weighted by molar-refractivity contribution is 0.104. The number of amides is 1. The standard InChI is InChI=1S/C20H24F2N4O2/c1-3-26(20(27)28-4-2)11-14-13(10-23)8-12-9-17(24-25-19(12)14)18-15(21)6-5-7-16(18)22/h5-7,9,13-14H,3-4,8,10-11,23H2,1-2H3. The second-order valence-corrected chi connectivity index (χ2v) is 6.78. The Labute approximate surface area is 162 Å². The quantitative estimate of drug-likeness (QED) is 0.820. The van der Waals surface area contributed by atoms with Gasteiger partial charge in [-0.05, 0) is 56.5 Å². The number of halogens is 2. The fourth-order valence-electron chi connectivity index (χ4n) is 3.70. The second-order valence-electron chi connectivity index (χ2n) is 6.78. The zero-order valence-corrected chi connectivity index (χ0v) is 16.0. The van der Waals surface area contributed by atoms with Gasteiger partial charge in [-0.3, -0.25) is 0 Å². The molecule has 2 atom stereocenters. The van der Waals surface area contributed by atoms with Crippen LogP contribution in [-0.4, -0.2) is 47.4 Å². The molecule has 1 aliphatic rings. The summed E-state index contributed by atoms with van der Waals surface area (Å²) in [6.07, 6.45) is 0.238. The van der Waals surface area contributed by atoms with Gasteiger partial charge in [0, 0.05) is 19.0 Å². The maximum absolute atomic E-state index is 14.1. The minimum atomic E-state index is -0.682. The van der Waals surface area contributed by atoms with Gasteiger partial charge in [-0.2, -0.15) is 10.2 Å². The van der Waals surface area contributed by atoms with E-state index >= 15 is 0 Å². The summed E-state index contributed by atoms with van der Waals surface area (Å²) in [4.78, 5) is 13.7. The predicted octanol–water partition coefficient (Wildman–Crippen LogP) is 3.11. The van der Waals surface area contributed by atoms with Gasteiger partial charge in [0.15, 0.2) is 0 Å². The van der Waals surface area contributed by atoms with E-state index in [1.54, 1.807) is 17.9 Å². The van der Waals surface area contributed by atoms with Gasteiger partial charge >= 0.3 is 6.09 Å². The smallest absolute Gasteiger partial charge is 0.409 e. The highest BCUT2D eigenvalue weighted by Crippen LogP contribution is 2.38. The third-order valence-corrected chi connectivity index (χ3v) is 5.15.